The van der Waals surface area contributed by atoms with Crippen molar-refractivity contribution in [3.05, 3.63) is 65.2 Å². The molecule has 0 radical (unpaired) electrons. The van der Waals surface area contributed by atoms with E-state index >= 15 is 0 Å². The summed E-state index contributed by atoms with van der Waals surface area (Å²) in [4.78, 5) is 15.8. The Morgan fingerprint density at radius 2 is 1.80 bits per heavy atom. The normalized spacial score (nSPS) is 12.1. The molecular formula is C20H26N2O3. The van der Waals surface area contributed by atoms with Crippen molar-refractivity contribution >= 4 is 5.91 Å². The summed E-state index contributed by atoms with van der Waals surface area (Å²) in [5.74, 6) is 0.774. The van der Waals surface area contributed by atoms with E-state index in [1.165, 1.54) is 0 Å². The Labute approximate surface area is 149 Å². The number of carbonyl (C=O) groups excluding carboxylic acids is 1. The van der Waals surface area contributed by atoms with Crippen LogP contribution >= 0.6 is 0 Å². The quantitative estimate of drug-likeness (QED) is 0.840. The van der Waals surface area contributed by atoms with Crippen molar-refractivity contribution in [2.45, 2.75) is 12.6 Å². The fraction of sp³-hybridized carbons (Fsp3) is 0.350. The lowest BCUT2D eigenvalue weighted by Gasteiger charge is -2.27. The molecule has 0 aliphatic rings. The van der Waals surface area contributed by atoms with Gasteiger partial charge >= 0.3 is 0 Å². The number of methoxy groups -OCH3 is 1. The van der Waals surface area contributed by atoms with E-state index in [4.69, 9.17) is 4.74 Å². The number of ether oxygens (including phenoxy) is 1. The van der Waals surface area contributed by atoms with E-state index in [0.717, 1.165) is 16.9 Å². The summed E-state index contributed by atoms with van der Waals surface area (Å²) in [7, 11) is 7.08. The summed E-state index contributed by atoms with van der Waals surface area (Å²) in [6.45, 7) is 0.644. The van der Waals surface area contributed by atoms with E-state index < -0.39 is 0 Å². The molecule has 1 amide bonds. The zero-order chi connectivity index (χ0) is 18.4. The summed E-state index contributed by atoms with van der Waals surface area (Å²) in [5, 5.41) is 9.84. The van der Waals surface area contributed by atoms with Gasteiger partial charge in [-0.05, 0) is 42.4 Å². The molecule has 25 heavy (non-hydrogen) atoms. The summed E-state index contributed by atoms with van der Waals surface area (Å²) in [5.41, 5.74) is 2.72. The average molecular weight is 342 g/mol. The number of benzene rings is 2. The number of nitrogens with zero attached hydrogens (tertiary/aromatic N) is 2. The molecule has 0 spiro atoms. The van der Waals surface area contributed by atoms with Gasteiger partial charge < -0.3 is 14.7 Å². The average Bonchev–Trinajstić information content (AvgIpc) is 2.62. The van der Waals surface area contributed by atoms with Crippen LogP contribution in [0.2, 0.25) is 0 Å². The van der Waals surface area contributed by atoms with Crippen LogP contribution < -0.4 is 4.74 Å². The lowest BCUT2D eigenvalue weighted by atomic mass is 10.0. The second-order valence-corrected chi connectivity index (χ2v) is 6.29. The molecule has 0 aromatic heterocycles. The van der Waals surface area contributed by atoms with Crippen LogP contribution in [0.1, 0.15) is 27.5 Å². The molecule has 5 heteroatoms. The molecule has 0 aliphatic carbocycles. The molecule has 0 bridgehead atoms. The molecule has 5 nitrogen and oxygen atoms in total. The Bertz CT molecular complexity index is 698. The summed E-state index contributed by atoms with van der Waals surface area (Å²) < 4.78 is 5.18. The monoisotopic (exact) mass is 342 g/mol. The maximum Gasteiger partial charge on any atom is 0.253 e. The lowest BCUT2D eigenvalue weighted by Crippen LogP contribution is -2.27. The molecule has 1 unspecified atom stereocenters. The van der Waals surface area contributed by atoms with E-state index in [1.54, 1.807) is 26.1 Å². The predicted octanol–water partition coefficient (Wildman–Crippen LogP) is 2.56. The Hall–Kier alpha value is -2.37. The molecular weight excluding hydrogens is 316 g/mol. The first-order valence-corrected chi connectivity index (χ1v) is 8.22. The summed E-state index contributed by atoms with van der Waals surface area (Å²) >= 11 is 0. The summed E-state index contributed by atoms with van der Waals surface area (Å²) in [6, 6.07) is 15.2. The third-order valence-electron chi connectivity index (χ3n) is 4.22. The molecule has 1 atom stereocenters. The number of likely N-dealkylation sites (N-methyl/N-ethyl adjacent to an activating group) is 1. The fourth-order valence-electron chi connectivity index (χ4n) is 2.78. The van der Waals surface area contributed by atoms with Crippen LogP contribution in [0.5, 0.6) is 5.75 Å². The van der Waals surface area contributed by atoms with Crippen molar-refractivity contribution in [3.8, 4) is 5.75 Å². The third-order valence-corrected chi connectivity index (χ3v) is 4.22. The van der Waals surface area contributed by atoms with Crippen molar-refractivity contribution in [1.82, 2.24) is 9.80 Å². The second-order valence-electron chi connectivity index (χ2n) is 6.29. The first-order chi connectivity index (χ1) is 12.0. The minimum atomic E-state index is -0.126. The van der Waals surface area contributed by atoms with Gasteiger partial charge in [0.25, 0.3) is 5.91 Å². The van der Waals surface area contributed by atoms with Gasteiger partial charge in [0.05, 0.1) is 19.8 Å². The van der Waals surface area contributed by atoms with Crippen molar-refractivity contribution in [2.75, 3.05) is 34.9 Å². The first-order valence-electron chi connectivity index (χ1n) is 8.22. The maximum absolute atomic E-state index is 12.1. The zero-order valence-electron chi connectivity index (χ0n) is 15.3. The standard InChI is InChI=1S/C20H26N2O3/c1-21(2)20(24)17-7-5-6-15(12-17)13-22(3)19(14-23)16-8-10-18(25-4)11-9-16/h5-12,19,23H,13-14H2,1-4H3. The largest absolute Gasteiger partial charge is 0.497 e. The smallest absolute Gasteiger partial charge is 0.253 e. The number of rotatable bonds is 7. The topological polar surface area (TPSA) is 53.0 Å². The van der Waals surface area contributed by atoms with Crippen LogP contribution in [-0.2, 0) is 6.54 Å². The molecule has 2 aromatic rings. The Morgan fingerprint density at radius 1 is 1.12 bits per heavy atom. The number of aliphatic hydroxyl groups excluding tert-OH is 1. The third kappa shape index (κ3) is 4.81. The second kappa shape index (κ2) is 8.65. The van der Waals surface area contributed by atoms with Crippen molar-refractivity contribution in [3.63, 3.8) is 0 Å². The Morgan fingerprint density at radius 3 is 2.36 bits per heavy atom. The molecule has 0 fully saturated rings. The molecule has 1 N–H and O–H groups in total. The van der Waals surface area contributed by atoms with Crippen LogP contribution in [0.25, 0.3) is 0 Å². The van der Waals surface area contributed by atoms with Gasteiger partial charge in [-0.15, -0.1) is 0 Å². The highest BCUT2D eigenvalue weighted by Crippen LogP contribution is 2.23. The molecule has 134 valence electrons. The number of carbonyl (C=O) groups is 1. The van der Waals surface area contributed by atoms with E-state index in [0.29, 0.717) is 12.1 Å². The van der Waals surface area contributed by atoms with Crippen molar-refractivity contribution < 1.29 is 14.6 Å². The van der Waals surface area contributed by atoms with Crippen LogP contribution in [-0.4, -0.2) is 55.7 Å². The SMILES string of the molecule is COc1ccc(C(CO)N(C)Cc2cccc(C(=O)N(C)C)c2)cc1. The number of amides is 1. The molecule has 0 heterocycles. The lowest BCUT2D eigenvalue weighted by molar-refractivity contribution is 0.0827. The molecule has 2 aromatic carbocycles. The zero-order valence-corrected chi connectivity index (χ0v) is 15.3. The first kappa shape index (κ1) is 19.0. The maximum atomic E-state index is 12.1. The number of hydrogen-bond donors (Lipinski definition) is 1. The van der Waals surface area contributed by atoms with Gasteiger partial charge in [-0.1, -0.05) is 24.3 Å². The minimum Gasteiger partial charge on any atom is -0.497 e. The van der Waals surface area contributed by atoms with E-state index in [2.05, 4.69) is 4.90 Å². The van der Waals surface area contributed by atoms with Crippen LogP contribution in [0.3, 0.4) is 0 Å². The predicted molar refractivity (Wildman–Crippen MR) is 98.7 cm³/mol. The Balaban J connectivity index is 2.14. The van der Waals surface area contributed by atoms with Gasteiger partial charge in [0.1, 0.15) is 5.75 Å². The highest BCUT2D eigenvalue weighted by molar-refractivity contribution is 5.94. The van der Waals surface area contributed by atoms with Gasteiger partial charge in [-0.2, -0.15) is 0 Å². The van der Waals surface area contributed by atoms with Gasteiger partial charge in [-0.25, -0.2) is 0 Å². The van der Waals surface area contributed by atoms with E-state index in [1.807, 2.05) is 55.6 Å². The molecule has 0 aliphatic heterocycles. The minimum absolute atomic E-state index is 0.0130. The number of hydrogen-bond acceptors (Lipinski definition) is 4. The van der Waals surface area contributed by atoms with E-state index in [-0.39, 0.29) is 18.6 Å². The highest BCUT2D eigenvalue weighted by Gasteiger charge is 2.17. The van der Waals surface area contributed by atoms with Crippen molar-refractivity contribution in [2.24, 2.45) is 0 Å². The van der Waals surface area contributed by atoms with E-state index in [9.17, 15) is 9.90 Å². The van der Waals surface area contributed by atoms with Crippen LogP contribution in [0.4, 0.5) is 0 Å². The molecule has 0 saturated heterocycles. The van der Waals surface area contributed by atoms with Crippen molar-refractivity contribution in [1.29, 1.82) is 0 Å². The van der Waals surface area contributed by atoms with Crippen LogP contribution in [0.15, 0.2) is 48.5 Å². The summed E-state index contributed by atoms with van der Waals surface area (Å²) in [6.07, 6.45) is 0. The molecule has 0 saturated carbocycles. The Kier molecular flexibility index (Phi) is 6.56. The van der Waals surface area contributed by atoms with Gasteiger partial charge in [0, 0.05) is 26.2 Å². The van der Waals surface area contributed by atoms with Gasteiger partial charge in [0.15, 0.2) is 0 Å². The highest BCUT2D eigenvalue weighted by atomic mass is 16.5. The fourth-order valence-corrected chi connectivity index (χ4v) is 2.78. The van der Waals surface area contributed by atoms with Crippen LogP contribution in [0, 0.1) is 0 Å². The van der Waals surface area contributed by atoms with Gasteiger partial charge in [0.2, 0.25) is 0 Å². The molecule has 2 rings (SSSR count). The van der Waals surface area contributed by atoms with Gasteiger partial charge in [-0.3, -0.25) is 9.69 Å². The number of aliphatic hydroxyl groups is 1.